The molecule has 3 aromatic rings. The van der Waals surface area contributed by atoms with Gasteiger partial charge in [-0.15, -0.1) is 0 Å². The van der Waals surface area contributed by atoms with Crippen molar-refractivity contribution in [2.24, 2.45) is 0 Å². The van der Waals surface area contributed by atoms with E-state index in [-0.39, 0.29) is 4.90 Å². The normalized spacial score (nSPS) is 11.5. The van der Waals surface area contributed by atoms with Crippen LogP contribution in [-0.4, -0.2) is 8.42 Å². The number of fused-ring (bicyclic) bond motifs is 1. The third kappa shape index (κ3) is 2.70. The first-order valence-corrected chi connectivity index (χ1v) is 8.38. The van der Waals surface area contributed by atoms with Gasteiger partial charge in [-0.3, -0.25) is 0 Å². The molecular formula is C18H16O3S. The van der Waals surface area contributed by atoms with Gasteiger partial charge in [-0.05, 0) is 48.6 Å². The van der Waals surface area contributed by atoms with Crippen LogP contribution in [0.2, 0.25) is 0 Å². The Kier molecular flexibility index (Phi) is 3.62. The maximum absolute atomic E-state index is 12.5. The molecule has 3 nitrogen and oxygen atoms in total. The molecule has 0 aliphatic rings. The largest absolute Gasteiger partial charge is 0.378 e. The predicted octanol–water partition coefficient (Wildman–Crippen LogP) is 4.22. The molecule has 4 heteroatoms. The van der Waals surface area contributed by atoms with E-state index in [1.807, 2.05) is 44.2 Å². The minimum atomic E-state index is -3.84. The van der Waals surface area contributed by atoms with Crippen molar-refractivity contribution in [1.82, 2.24) is 0 Å². The van der Waals surface area contributed by atoms with Gasteiger partial charge in [-0.1, -0.05) is 42.5 Å². The maximum Gasteiger partial charge on any atom is 0.339 e. The lowest BCUT2D eigenvalue weighted by atomic mass is 10.1. The lowest BCUT2D eigenvalue weighted by Crippen LogP contribution is -2.10. The Labute approximate surface area is 130 Å². The smallest absolute Gasteiger partial charge is 0.339 e. The van der Waals surface area contributed by atoms with Crippen LogP contribution in [0.15, 0.2) is 65.6 Å². The van der Waals surface area contributed by atoms with Crippen molar-refractivity contribution in [2.75, 3.05) is 0 Å². The third-order valence-corrected chi connectivity index (χ3v) is 4.95. The Hall–Kier alpha value is -2.33. The lowest BCUT2D eigenvalue weighted by molar-refractivity contribution is 0.488. The molecule has 0 bridgehead atoms. The fourth-order valence-electron chi connectivity index (χ4n) is 2.30. The monoisotopic (exact) mass is 312 g/mol. The van der Waals surface area contributed by atoms with Gasteiger partial charge >= 0.3 is 10.1 Å². The summed E-state index contributed by atoms with van der Waals surface area (Å²) < 4.78 is 30.3. The fraction of sp³-hybridized carbons (Fsp3) is 0.111. The summed E-state index contributed by atoms with van der Waals surface area (Å²) in [7, 11) is -3.84. The van der Waals surface area contributed by atoms with E-state index in [2.05, 4.69) is 0 Å². The molecule has 0 spiro atoms. The molecule has 0 aliphatic carbocycles. The first-order valence-electron chi connectivity index (χ1n) is 6.97. The molecule has 112 valence electrons. The SMILES string of the molecule is Cc1ccc(S(=O)(=O)Oc2cccc3ccccc23)cc1C. The molecule has 0 amide bonds. The second kappa shape index (κ2) is 5.46. The predicted molar refractivity (Wildman–Crippen MR) is 87.7 cm³/mol. The molecule has 0 saturated heterocycles. The van der Waals surface area contributed by atoms with Crippen LogP contribution in [0.25, 0.3) is 10.8 Å². The van der Waals surface area contributed by atoms with Gasteiger partial charge in [0.2, 0.25) is 0 Å². The Bertz CT molecular complexity index is 938. The molecule has 0 N–H and O–H groups in total. The van der Waals surface area contributed by atoms with Crippen LogP contribution in [0.3, 0.4) is 0 Å². The third-order valence-electron chi connectivity index (χ3n) is 3.72. The Balaban J connectivity index is 2.05. The highest BCUT2D eigenvalue weighted by molar-refractivity contribution is 7.87. The van der Waals surface area contributed by atoms with Gasteiger partial charge in [0, 0.05) is 5.39 Å². The van der Waals surface area contributed by atoms with Crippen LogP contribution in [-0.2, 0) is 10.1 Å². The molecule has 0 unspecified atom stereocenters. The van der Waals surface area contributed by atoms with E-state index in [1.54, 1.807) is 30.3 Å². The number of hydrogen-bond donors (Lipinski definition) is 0. The number of aryl methyl sites for hydroxylation is 2. The summed E-state index contributed by atoms with van der Waals surface area (Å²) in [5.41, 5.74) is 1.96. The zero-order valence-electron chi connectivity index (χ0n) is 12.4. The highest BCUT2D eigenvalue weighted by Crippen LogP contribution is 2.28. The average molecular weight is 312 g/mol. The van der Waals surface area contributed by atoms with E-state index >= 15 is 0 Å². The molecule has 0 heterocycles. The van der Waals surface area contributed by atoms with Crippen LogP contribution < -0.4 is 4.18 Å². The molecule has 0 atom stereocenters. The highest BCUT2D eigenvalue weighted by atomic mass is 32.2. The summed E-state index contributed by atoms with van der Waals surface area (Å²) in [6.45, 7) is 3.82. The van der Waals surface area contributed by atoms with Crippen LogP contribution in [0, 0.1) is 13.8 Å². The van der Waals surface area contributed by atoms with Gasteiger partial charge in [0.25, 0.3) is 0 Å². The van der Waals surface area contributed by atoms with Crippen molar-refractivity contribution >= 4 is 20.9 Å². The Morgan fingerprint density at radius 2 is 1.55 bits per heavy atom. The summed E-state index contributed by atoms with van der Waals surface area (Å²) in [4.78, 5) is 0.170. The second-order valence-electron chi connectivity index (χ2n) is 5.26. The zero-order valence-corrected chi connectivity index (χ0v) is 13.2. The van der Waals surface area contributed by atoms with Gasteiger partial charge in [-0.25, -0.2) is 0 Å². The average Bonchev–Trinajstić information content (AvgIpc) is 2.50. The van der Waals surface area contributed by atoms with Crippen molar-refractivity contribution in [3.8, 4) is 5.75 Å². The molecule has 0 fully saturated rings. The molecular weight excluding hydrogens is 296 g/mol. The Morgan fingerprint density at radius 3 is 2.32 bits per heavy atom. The van der Waals surface area contributed by atoms with Crippen LogP contribution in [0.4, 0.5) is 0 Å². The standard InChI is InChI=1S/C18H16O3S/c1-13-10-11-16(12-14(13)2)22(19,20)21-18-9-5-7-15-6-3-4-8-17(15)18/h3-12H,1-2H3. The summed E-state index contributed by atoms with van der Waals surface area (Å²) >= 11 is 0. The van der Waals surface area contributed by atoms with E-state index in [0.717, 1.165) is 21.9 Å². The van der Waals surface area contributed by atoms with Crippen LogP contribution in [0.1, 0.15) is 11.1 Å². The molecule has 0 radical (unpaired) electrons. The summed E-state index contributed by atoms with van der Waals surface area (Å²) in [5, 5.41) is 1.72. The summed E-state index contributed by atoms with van der Waals surface area (Å²) in [6, 6.07) is 17.9. The van der Waals surface area contributed by atoms with Crippen LogP contribution in [0.5, 0.6) is 5.75 Å². The van der Waals surface area contributed by atoms with Gasteiger partial charge < -0.3 is 4.18 Å². The van der Waals surface area contributed by atoms with Crippen molar-refractivity contribution < 1.29 is 12.6 Å². The highest BCUT2D eigenvalue weighted by Gasteiger charge is 2.18. The summed E-state index contributed by atoms with van der Waals surface area (Å²) in [6.07, 6.45) is 0. The fourth-order valence-corrected chi connectivity index (χ4v) is 3.34. The first kappa shape index (κ1) is 14.6. The van der Waals surface area contributed by atoms with Crippen molar-refractivity contribution in [3.63, 3.8) is 0 Å². The van der Waals surface area contributed by atoms with Crippen molar-refractivity contribution in [1.29, 1.82) is 0 Å². The number of benzene rings is 3. The second-order valence-corrected chi connectivity index (χ2v) is 6.81. The zero-order chi connectivity index (χ0) is 15.7. The molecule has 0 saturated carbocycles. The van der Waals surface area contributed by atoms with Gasteiger partial charge in [0.05, 0.1) is 0 Å². The molecule has 22 heavy (non-hydrogen) atoms. The topological polar surface area (TPSA) is 43.4 Å². The van der Waals surface area contributed by atoms with Gasteiger partial charge in [0.15, 0.2) is 5.75 Å². The van der Waals surface area contributed by atoms with Gasteiger partial charge in [0.1, 0.15) is 4.90 Å². The molecule has 0 aromatic heterocycles. The van der Waals surface area contributed by atoms with Crippen LogP contribution >= 0.6 is 0 Å². The minimum Gasteiger partial charge on any atom is -0.378 e. The quantitative estimate of drug-likeness (QED) is 0.680. The minimum absolute atomic E-state index is 0.170. The Morgan fingerprint density at radius 1 is 0.818 bits per heavy atom. The number of hydrogen-bond acceptors (Lipinski definition) is 3. The molecule has 3 aromatic carbocycles. The lowest BCUT2D eigenvalue weighted by Gasteiger charge is -2.10. The molecule has 3 rings (SSSR count). The summed E-state index contributed by atoms with van der Waals surface area (Å²) in [5.74, 6) is 0.344. The van der Waals surface area contributed by atoms with Crippen molar-refractivity contribution in [3.05, 3.63) is 71.8 Å². The van der Waals surface area contributed by atoms with Crippen molar-refractivity contribution in [2.45, 2.75) is 18.7 Å². The van der Waals surface area contributed by atoms with E-state index < -0.39 is 10.1 Å². The van der Waals surface area contributed by atoms with E-state index in [9.17, 15) is 8.42 Å². The molecule has 0 aliphatic heterocycles. The first-order chi connectivity index (χ1) is 10.5. The van der Waals surface area contributed by atoms with E-state index in [1.165, 1.54) is 0 Å². The van der Waals surface area contributed by atoms with E-state index in [0.29, 0.717) is 5.75 Å². The number of rotatable bonds is 3. The maximum atomic E-state index is 12.5. The van der Waals surface area contributed by atoms with Gasteiger partial charge in [-0.2, -0.15) is 8.42 Å². The van der Waals surface area contributed by atoms with E-state index in [4.69, 9.17) is 4.18 Å².